The van der Waals surface area contributed by atoms with Crippen LogP contribution in [0, 0.1) is 11.8 Å². The molecule has 0 aromatic carbocycles. The molecule has 0 bridgehead atoms. The van der Waals surface area contributed by atoms with E-state index in [0.717, 1.165) is 31.0 Å². The molecule has 0 saturated carbocycles. The van der Waals surface area contributed by atoms with E-state index in [1.165, 1.54) is 10.4 Å². The number of nitrogens with zero attached hydrogens (tertiary/aromatic N) is 1. The van der Waals surface area contributed by atoms with Crippen molar-refractivity contribution in [2.45, 2.75) is 19.6 Å². The van der Waals surface area contributed by atoms with Crippen LogP contribution in [0.3, 0.4) is 0 Å². The molecule has 3 heterocycles. The molecule has 3 nitrogen and oxygen atoms in total. The molecule has 0 fully saturated rings. The van der Waals surface area contributed by atoms with Crippen LogP contribution in [0.1, 0.15) is 21.8 Å². The largest absolute Gasteiger partial charge is 0.468 e. The number of hydrogen-bond donors (Lipinski definition) is 1. The molecule has 0 saturated heterocycles. The third-order valence-electron chi connectivity index (χ3n) is 3.29. The van der Waals surface area contributed by atoms with Crippen LogP contribution >= 0.6 is 22.7 Å². The number of furan rings is 1. The van der Waals surface area contributed by atoms with Crippen molar-refractivity contribution in [3.8, 4) is 11.8 Å². The standard InChI is InChI=1S/C18H17NO2S2/c20-6-1-3-15-9-18(23-14-15)12-19(10-16-5-8-22-13-16)11-17-4-2-7-21-17/h2,4-5,7-9,13-14,20H,6,10-12H2. The van der Waals surface area contributed by atoms with Gasteiger partial charge in [-0.2, -0.15) is 11.3 Å². The minimum atomic E-state index is -0.103. The monoisotopic (exact) mass is 343 g/mol. The highest BCUT2D eigenvalue weighted by Crippen LogP contribution is 2.20. The van der Waals surface area contributed by atoms with E-state index in [9.17, 15) is 0 Å². The summed E-state index contributed by atoms with van der Waals surface area (Å²) < 4.78 is 5.49. The highest BCUT2D eigenvalue weighted by Gasteiger charge is 2.11. The number of thiophene rings is 2. The van der Waals surface area contributed by atoms with E-state index < -0.39 is 0 Å². The highest BCUT2D eigenvalue weighted by molar-refractivity contribution is 7.10. The average Bonchev–Trinajstić information content (AvgIpc) is 3.28. The van der Waals surface area contributed by atoms with Gasteiger partial charge in [0.2, 0.25) is 0 Å². The van der Waals surface area contributed by atoms with E-state index in [-0.39, 0.29) is 6.61 Å². The topological polar surface area (TPSA) is 36.6 Å². The van der Waals surface area contributed by atoms with Gasteiger partial charge in [0.15, 0.2) is 0 Å². The first kappa shape index (κ1) is 16.0. The molecule has 0 radical (unpaired) electrons. The zero-order chi connectivity index (χ0) is 15.9. The first-order chi connectivity index (χ1) is 11.3. The van der Waals surface area contributed by atoms with Crippen LogP contribution in [0.25, 0.3) is 0 Å². The van der Waals surface area contributed by atoms with Gasteiger partial charge in [-0.3, -0.25) is 4.90 Å². The van der Waals surface area contributed by atoms with Crippen molar-refractivity contribution in [3.05, 3.63) is 68.4 Å². The summed E-state index contributed by atoms with van der Waals surface area (Å²) in [5.74, 6) is 6.61. The fourth-order valence-electron chi connectivity index (χ4n) is 2.32. The minimum absolute atomic E-state index is 0.103. The fraction of sp³-hybridized carbons (Fsp3) is 0.222. The van der Waals surface area contributed by atoms with Crippen LogP contribution in [-0.2, 0) is 19.6 Å². The second-order valence-corrected chi connectivity index (χ2v) is 6.89. The van der Waals surface area contributed by atoms with Crippen molar-refractivity contribution in [2.75, 3.05) is 6.61 Å². The minimum Gasteiger partial charge on any atom is -0.468 e. The Hall–Kier alpha value is -1.84. The zero-order valence-corrected chi connectivity index (χ0v) is 14.2. The Morgan fingerprint density at radius 2 is 2.13 bits per heavy atom. The zero-order valence-electron chi connectivity index (χ0n) is 12.6. The van der Waals surface area contributed by atoms with Crippen LogP contribution in [0.15, 0.2) is 51.1 Å². The van der Waals surface area contributed by atoms with Crippen molar-refractivity contribution < 1.29 is 9.52 Å². The summed E-state index contributed by atoms with van der Waals surface area (Å²) in [4.78, 5) is 3.62. The lowest BCUT2D eigenvalue weighted by molar-refractivity contribution is 0.229. The van der Waals surface area contributed by atoms with Gasteiger partial charge in [0, 0.05) is 28.9 Å². The molecule has 5 heteroatoms. The van der Waals surface area contributed by atoms with Crippen LogP contribution in [-0.4, -0.2) is 16.6 Å². The van der Waals surface area contributed by atoms with Crippen LogP contribution < -0.4 is 0 Å². The average molecular weight is 343 g/mol. The number of aliphatic hydroxyl groups excluding tert-OH is 1. The molecule has 3 aromatic heterocycles. The van der Waals surface area contributed by atoms with Gasteiger partial charge in [0.05, 0.1) is 12.8 Å². The number of rotatable bonds is 6. The lowest BCUT2D eigenvalue weighted by Crippen LogP contribution is -2.21. The molecule has 1 N–H and O–H groups in total. The number of hydrogen-bond acceptors (Lipinski definition) is 5. The molecule has 23 heavy (non-hydrogen) atoms. The normalized spacial score (nSPS) is 10.7. The highest BCUT2D eigenvalue weighted by atomic mass is 32.1. The van der Waals surface area contributed by atoms with Gasteiger partial charge in [0.25, 0.3) is 0 Å². The van der Waals surface area contributed by atoms with Gasteiger partial charge in [-0.05, 0) is 40.6 Å². The quantitative estimate of drug-likeness (QED) is 0.689. The molecule has 3 rings (SSSR count). The van der Waals surface area contributed by atoms with Crippen LogP contribution in [0.5, 0.6) is 0 Å². The summed E-state index contributed by atoms with van der Waals surface area (Å²) in [6.45, 7) is 2.41. The predicted molar refractivity (Wildman–Crippen MR) is 94.3 cm³/mol. The third kappa shape index (κ3) is 4.81. The smallest absolute Gasteiger partial charge is 0.117 e. The number of aliphatic hydroxyl groups is 1. The molecular weight excluding hydrogens is 326 g/mol. The van der Waals surface area contributed by atoms with Crippen molar-refractivity contribution in [2.24, 2.45) is 0 Å². The lowest BCUT2D eigenvalue weighted by atomic mass is 10.2. The van der Waals surface area contributed by atoms with E-state index in [1.54, 1.807) is 28.9 Å². The summed E-state index contributed by atoms with van der Waals surface area (Å²) in [7, 11) is 0. The first-order valence-corrected chi connectivity index (χ1v) is 9.08. The molecule has 0 aliphatic carbocycles. The molecule has 3 aromatic rings. The Balaban J connectivity index is 1.70. The molecule has 0 aliphatic heterocycles. The Kier molecular flexibility index (Phi) is 5.67. The Morgan fingerprint density at radius 3 is 2.87 bits per heavy atom. The Bertz CT molecular complexity index is 727. The molecule has 118 valence electrons. The van der Waals surface area contributed by atoms with Crippen molar-refractivity contribution in [3.63, 3.8) is 0 Å². The maximum atomic E-state index is 8.78. The van der Waals surface area contributed by atoms with E-state index in [4.69, 9.17) is 9.52 Å². The van der Waals surface area contributed by atoms with Crippen LogP contribution in [0.4, 0.5) is 0 Å². The van der Waals surface area contributed by atoms with Crippen LogP contribution in [0.2, 0.25) is 0 Å². The Morgan fingerprint density at radius 1 is 1.17 bits per heavy atom. The first-order valence-electron chi connectivity index (χ1n) is 7.26. The molecule has 0 spiro atoms. The summed E-state index contributed by atoms with van der Waals surface area (Å²) >= 11 is 3.42. The van der Waals surface area contributed by atoms with Gasteiger partial charge < -0.3 is 9.52 Å². The summed E-state index contributed by atoms with van der Waals surface area (Å²) in [5.41, 5.74) is 2.28. The second-order valence-electron chi connectivity index (χ2n) is 5.12. The van der Waals surface area contributed by atoms with E-state index >= 15 is 0 Å². The molecular formula is C18H17NO2S2. The predicted octanol–water partition coefficient (Wildman–Crippen LogP) is 3.95. The van der Waals surface area contributed by atoms with Crippen molar-refractivity contribution in [1.82, 2.24) is 4.90 Å². The van der Waals surface area contributed by atoms with E-state index in [0.29, 0.717) is 0 Å². The summed E-state index contributed by atoms with van der Waals surface area (Å²) in [5, 5.41) is 15.1. The van der Waals surface area contributed by atoms with E-state index in [1.807, 2.05) is 17.5 Å². The third-order valence-corrected chi connectivity index (χ3v) is 4.94. The van der Waals surface area contributed by atoms with Crippen molar-refractivity contribution >= 4 is 22.7 Å². The molecule has 0 unspecified atom stereocenters. The fourth-order valence-corrected chi connectivity index (χ4v) is 3.84. The van der Waals surface area contributed by atoms with Gasteiger partial charge in [-0.1, -0.05) is 11.8 Å². The van der Waals surface area contributed by atoms with Crippen molar-refractivity contribution in [1.29, 1.82) is 0 Å². The SMILES string of the molecule is OCC#Cc1csc(CN(Cc2ccsc2)Cc2ccco2)c1. The maximum absolute atomic E-state index is 8.78. The molecule has 0 atom stereocenters. The van der Waals surface area contributed by atoms with E-state index in [2.05, 4.69) is 39.6 Å². The van der Waals surface area contributed by atoms with Gasteiger partial charge in [-0.25, -0.2) is 0 Å². The van der Waals surface area contributed by atoms with Gasteiger partial charge in [0.1, 0.15) is 12.4 Å². The van der Waals surface area contributed by atoms with Gasteiger partial charge in [-0.15, -0.1) is 11.3 Å². The second kappa shape index (κ2) is 8.14. The summed E-state index contributed by atoms with van der Waals surface area (Å²) in [6.07, 6.45) is 1.71. The molecule has 0 amide bonds. The van der Waals surface area contributed by atoms with Gasteiger partial charge >= 0.3 is 0 Å². The Labute approximate surface area is 143 Å². The summed E-state index contributed by atoms with van der Waals surface area (Å²) in [6, 6.07) is 8.18. The lowest BCUT2D eigenvalue weighted by Gasteiger charge is -2.20. The maximum Gasteiger partial charge on any atom is 0.117 e. The molecule has 0 aliphatic rings.